The minimum atomic E-state index is -0.992. The number of rotatable bonds is 4. The molecular formula is C27H21ClN2O3. The van der Waals surface area contributed by atoms with Crippen LogP contribution in [0.1, 0.15) is 21.5 Å². The largest absolute Gasteiger partial charge is 0.478 e. The van der Waals surface area contributed by atoms with Gasteiger partial charge < -0.3 is 15.2 Å². The summed E-state index contributed by atoms with van der Waals surface area (Å²) in [5, 5.41) is 13.2. The van der Waals surface area contributed by atoms with Crippen molar-refractivity contribution < 1.29 is 14.6 Å². The number of hydrogen-bond donors (Lipinski definition) is 2. The van der Waals surface area contributed by atoms with Crippen molar-refractivity contribution in [3.8, 4) is 16.9 Å². The average molecular weight is 457 g/mol. The van der Waals surface area contributed by atoms with E-state index >= 15 is 0 Å². The summed E-state index contributed by atoms with van der Waals surface area (Å²) in [6, 6.07) is 23.5. The Morgan fingerprint density at radius 1 is 0.970 bits per heavy atom. The van der Waals surface area contributed by atoms with Crippen molar-refractivity contribution in [2.45, 2.75) is 19.0 Å². The number of benzene rings is 3. The van der Waals surface area contributed by atoms with Crippen molar-refractivity contribution in [2.24, 2.45) is 4.99 Å². The molecule has 0 bridgehead atoms. The molecule has 0 saturated carbocycles. The third-order valence-electron chi connectivity index (χ3n) is 5.80. The van der Waals surface area contributed by atoms with Gasteiger partial charge in [-0.1, -0.05) is 72.3 Å². The number of hydrogen-bond acceptors (Lipinski definition) is 4. The zero-order chi connectivity index (χ0) is 22.9. The van der Waals surface area contributed by atoms with Crippen LogP contribution < -0.4 is 10.1 Å². The molecule has 2 atom stereocenters. The highest BCUT2D eigenvalue weighted by molar-refractivity contribution is 6.37. The maximum absolute atomic E-state index is 11.4. The van der Waals surface area contributed by atoms with Crippen molar-refractivity contribution in [3.63, 3.8) is 0 Å². The van der Waals surface area contributed by atoms with Gasteiger partial charge in [0.05, 0.1) is 17.6 Å². The van der Waals surface area contributed by atoms with Crippen LogP contribution in [0.25, 0.3) is 16.7 Å². The molecule has 0 spiro atoms. The standard InChI is InChI=1S/C27H21ClN2O3/c1-16-7-12-20(13-21(16)26(31)32)33-27-29-24-14-22(23(28)15-25(24)30-27)19-10-8-18(9-11-19)17-5-3-2-4-6-17/h2-15,24-25H,1H3,(H,29,30)(H,31,32). The van der Waals surface area contributed by atoms with Gasteiger partial charge in [0.1, 0.15) is 5.75 Å². The summed E-state index contributed by atoms with van der Waals surface area (Å²) < 4.78 is 5.83. The molecule has 0 aromatic heterocycles. The lowest BCUT2D eigenvalue weighted by Crippen LogP contribution is -2.35. The number of aromatic carboxylic acids is 1. The van der Waals surface area contributed by atoms with Gasteiger partial charge in [0.15, 0.2) is 0 Å². The van der Waals surface area contributed by atoms with Crippen LogP contribution in [0.5, 0.6) is 5.75 Å². The average Bonchev–Trinajstić information content (AvgIpc) is 3.21. The second kappa shape index (κ2) is 8.60. The summed E-state index contributed by atoms with van der Waals surface area (Å²) in [6.45, 7) is 1.75. The summed E-state index contributed by atoms with van der Waals surface area (Å²) in [7, 11) is 0. The molecule has 33 heavy (non-hydrogen) atoms. The Morgan fingerprint density at radius 3 is 2.39 bits per heavy atom. The van der Waals surface area contributed by atoms with Crippen LogP contribution in [0, 0.1) is 6.92 Å². The van der Waals surface area contributed by atoms with Crippen molar-refractivity contribution >= 4 is 29.2 Å². The van der Waals surface area contributed by atoms with E-state index in [9.17, 15) is 9.90 Å². The van der Waals surface area contributed by atoms with Crippen molar-refractivity contribution in [3.05, 3.63) is 107 Å². The first-order valence-electron chi connectivity index (χ1n) is 10.6. The Bertz CT molecular complexity index is 1310. The second-order valence-electron chi connectivity index (χ2n) is 8.02. The summed E-state index contributed by atoms with van der Waals surface area (Å²) in [6.07, 6.45) is 3.97. The summed E-state index contributed by atoms with van der Waals surface area (Å²) in [4.78, 5) is 16.0. The van der Waals surface area contributed by atoms with E-state index in [0.29, 0.717) is 22.4 Å². The highest BCUT2D eigenvalue weighted by Crippen LogP contribution is 2.34. The van der Waals surface area contributed by atoms with Gasteiger partial charge in [-0.3, -0.25) is 0 Å². The number of aryl methyl sites for hydroxylation is 1. The summed E-state index contributed by atoms with van der Waals surface area (Å²) in [5.74, 6) is -0.577. The number of amidine groups is 1. The van der Waals surface area contributed by atoms with E-state index in [1.807, 2.05) is 30.4 Å². The molecule has 3 aromatic carbocycles. The molecule has 0 radical (unpaired) electrons. The van der Waals surface area contributed by atoms with E-state index in [0.717, 1.165) is 22.3 Å². The normalized spacial score (nSPS) is 19.0. The van der Waals surface area contributed by atoms with Crippen LogP contribution in [0.2, 0.25) is 0 Å². The molecule has 1 aliphatic carbocycles. The molecule has 2 unspecified atom stereocenters. The molecule has 2 N–H and O–H groups in total. The Morgan fingerprint density at radius 2 is 1.67 bits per heavy atom. The third-order valence-corrected chi connectivity index (χ3v) is 6.13. The molecule has 1 aliphatic heterocycles. The number of ether oxygens (including phenoxy) is 1. The van der Waals surface area contributed by atoms with Gasteiger partial charge in [0.25, 0.3) is 6.02 Å². The highest BCUT2D eigenvalue weighted by Gasteiger charge is 2.31. The fourth-order valence-electron chi connectivity index (χ4n) is 4.03. The number of fused-ring (bicyclic) bond motifs is 1. The number of aliphatic imine (C=N–C) groups is 1. The van der Waals surface area contributed by atoms with Crippen molar-refractivity contribution in [1.29, 1.82) is 0 Å². The maximum atomic E-state index is 11.4. The molecule has 2 aliphatic rings. The minimum Gasteiger partial charge on any atom is -0.478 e. The Labute approximate surface area is 196 Å². The molecule has 6 heteroatoms. The first-order valence-corrected chi connectivity index (χ1v) is 11.0. The lowest BCUT2D eigenvalue weighted by atomic mass is 9.93. The monoisotopic (exact) mass is 456 g/mol. The number of carboxylic acid groups (broad SMARTS) is 1. The molecular weight excluding hydrogens is 436 g/mol. The number of nitrogens with zero attached hydrogens (tertiary/aromatic N) is 1. The van der Waals surface area contributed by atoms with Gasteiger partial charge >= 0.3 is 5.97 Å². The van der Waals surface area contributed by atoms with Crippen LogP contribution >= 0.6 is 11.6 Å². The molecule has 5 rings (SSSR count). The fraction of sp³-hybridized carbons (Fsp3) is 0.111. The summed E-state index contributed by atoms with van der Waals surface area (Å²) >= 11 is 6.62. The number of halogens is 1. The molecule has 0 amide bonds. The second-order valence-corrected chi connectivity index (χ2v) is 8.42. The predicted molar refractivity (Wildman–Crippen MR) is 131 cm³/mol. The van der Waals surface area contributed by atoms with Crippen LogP contribution in [0.4, 0.5) is 0 Å². The number of carboxylic acids is 1. The van der Waals surface area contributed by atoms with Gasteiger partial charge in [-0.05, 0) is 59.0 Å². The zero-order valence-corrected chi connectivity index (χ0v) is 18.6. The van der Waals surface area contributed by atoms with Gasteiger partial charge in [-0.25, -0.2) is 9.79 Å². The molecule has 5 nitrogen and oxygen atoms in total. The van der Waals surface area contributed by atoms with Gasteiger partial charge in [0, 0.05) is 5.03 Å². The predicted octanol–water partition coefficient (Wildman–Crippen LogP) is 5.66. The Balaban J connectivity index is 1.37. The smallest absolute Gasteiger partial charge is 0.336 e. The molecule has 0 saturated heterocycles. The first kappa shape index (κ1) is 21.0. The third kappa shape index (κ3) is 4.28. The van der Waals surface area contributed by atoms with Crippen molar-refractivity contribution in [2.75, 3.05) is 0 Å². The van der Waals surface area contributed by atoms with Crippen LogP contribution in [-0.4, -0.2) is 29.2 Å². The molecule has 164 valence electrons. The van der Waals surface area contributed by atoms with E-state index in [4.69, 9.17) is 16.3 Å². The zero-order valence-electron chi connectivity index (χ0n) is 17.8. The lowest BCUT2D eigenvalue weighted by molar-refractivity contribution is 0.0695. The van der Waals surface area contributed by atoms with E-state index in [2.05, 4.69) is 46.7 Å². The minimum absolute atomic E-state index is 0.121. The van der Waals surface area contributed by atoms with Gasteiger partial charge in [-0.2, -0.15) is 0 Å². The topological polar surface area (TPSA) is 70.9 Å². The van der Waals surface area contributed by atoms with Gasteiger partial charge in [-0.15, -0.1) is 0 Å². The van der Waals surface area contributed by atoms with E-state index in [1.165, 1.54) is 6.07 Å². The SMILES string of the molecule is Cc1ccc(OC2=NC3C=C(c4ccc(-c5ccccc5)cc4)C(Cl)=CC3N2)cc1C(=O)O. The van der Waals surface area contributed by atoms with E-state index < -0.39 is 5.97 Å². The quantitative estimate of drug-likeness (QED) is 0.531. The fourth-order valence-corrected chi connectivity index (χ4v) is 4.34. The van der Waals surface area contributed by atoms with Gasteiger partial charge in [0.2, 0.25) is 0 Å². The molecule has 0 fully saturated rings. The van der Waals surface area contributed by atoms with Crippen LogP contribution in [0.3, 0.4) is 0 Å². The van der Waals surface area contributed by atoms with Crippen LogP contribution in [-0.2, 0) is 0 Å². The number of carbonyl (C=O) groups is 1. The Hall–Kier alpha value is -3.83. The molecule has 1 heterocycles. The van der Waals surface area contributed by atoms with E-state index in [1.54, 1.807) is 19.1 Å². The maximum Gasteiger partial charge on any atom is 0.336 e. The Kier molecular flexibility index (Phi) is 5.48. The first-order chi connectivity index (χ1) is 16.0. The number of allylic oxidation sites excluding steroid dienone is 2. The van der Waals surface area contributed by atoms with Crippen LogP contribution in [0.15, 0.2) is 95.0 Å². The molecule has 3 aromatic rings. The summed E-state index contributed by atoms with van der Waals surface area (Å²) in [5.41, 5.74) is 5.12. The van der Waals surface area contributed by atoms with E-state index in [-0.39, 0.29) is 17.6 Å². The highest BCUT2D eigenvalue weighted by atomic mass is 35.5. The van der Waals surface area contributed by atoms with Crippen molar-refractivity contribution in [1.82, 2.24) is 5.32 Å². The number of nitrogens with one attached hydrogen (secondary N) is 1. The lowest BCUT2D eigenvalue weighted by Gasteiger charge is -2.20.